The number of aromatic nitrogens is 2. The van der Waals surface area contributed by atoms with Crippen molar-refractivity contribution in [2.45, 2.75) is 32.2 Å². The zero-order valence-corrected chi connectivity index (χ0v) is 9.94. The summed E-state index contributed by atoms with van der Waals surface area (Å²) in [6, 6.07) is 0.294. The van der Waals surface area contributed by atoms with Crippen molar-refractivity contribution in [3.63, 3.8) is 0 Å². The van der Waals surface area contributed by atoms with E-state index in [2.05, 4.69) is 17.3 Å². The van der Waals surface area contributed by atoms with E-state index in [1.807, 2.05) is 19.4 Å². The number of nitrogens with two attached hydrogens (primary N) is 1. The molecule has 0 aliphatic carbocycles. The lowest BCUT2D eigenvalue weighted by molar-refractivity contribution is -0.118. The third-order valence-corrected chi connectivity index (χ3v) is 2.53. The number of nitrogens with zero attached hydrogens (tertiary/aromatic N) is 2. The molecule has 1 amide bonds. The molecule has 90 valence electrons. The normalized spacial score (nSPS) is 12.6. The van der Waals surface area contributed by atoms with E-state index in [-0.39, 0.29) is 5.91 Å². The summed E-state index contributed by atoms with van der Waals surface area (Å²) in [6.45, 7) is 2.99. The minimum Gasteiger partial charge on any atom is -0.370 e. The molecule has 0 aliphatic heterocycles. The minimum absolute atomic E-state index is 0.222. The number of rotatable bonds is 7. The van der Waals surface area contributed by atoms with Crippen LogP contribution >= 0.6 is 0 Å². The van der Waals surface area contributed by atoms with Crippen molar-refractivity contribution in [1.29, 1.82) is 0 Å². The van der Waals surface area contributed by atoms with Crippen LogP contribution in [0.4, 0.5) is 0 Å². The molecule has 0 saturated heterocycles. The topological polar surface area (TPSA) is 72.9 Å². The molecule has 1 heterocycles. The van der Waals surface area contributed by atoms with Gasteiger partial charge in [-0.15, -0.1) is 0 Å². The second kappa shape index (κ2) is 6.27. The van der Waals surface area contributed by atoms with E-state index in [9.17, 15) is 4.79 Å². The molecule has 0 radical (unpaired) electrons. The van der Waals surface area contributed by atoms with Crippen LogP contribution in [0.3, 0.4) is 0 Å². The molecule has 1 aromatic heterocycles. The van der Waals surface area contributed by atoms with Crippen LogP contribution in [0, 0.1) is 0 Å². The van der Waals surface area contributed by atoms with Gasteiger partial charge >= 0.3 is 0 Å². The number of carbonyl (C=O) groups excluding carboxylic acids is 1. The first kappa shape index (κ1) is 12.7. The second-order valence-electron chi connectivity index (χ2n) is 4.05. The zero-order chi connectivity index (χ0) is 12.0. The lowest BCUT2D eigenvalue weighted by Gasteiger charge is -2.11. The lowest BCUT2D eigenvalue weighted by atomic mass is 10.2. The van der Waals surface area contributed by atoms with Crippen molar-refractivity contribution in [2.24, 2.45) is 12.8 Å². The van der Waals surface area contributed by atoms with E-state index in [1.54, 1.807) is 4.68 Å². The van der Waals surface area contributed by atoms with E-state index in [1.165, 1.54) is 5.56 Å². The molecular weight excluding hydrogens is 204 g/mol. The molecule has 3 N–H and O–H groups in total. The van der Waals surface area contributed by atoms with Crippen LogP contribution < -0.4 is 11.1 Å². The molecule has 0 saturated carbocycles. The highest BCUT2D eigenvalue weighted by Gasteiger charge is 2.05. The highest BCUT2D eigenvalue weighted by atomic mass is 16.1. The van der Waals surface area contributed by atoms with E-state index in [0.29, 0.717) is 12.5 Å². The first-order valence-corrected chi connectivity index (χ1v) is 5.60. The average molecular weight is 224 g/mol. The van der Waals surface area contributed by atoms with Gasteiger partial charge in [0, 0.05) is 31.3 Å². The van der Waals surface area contributed by atoms with Crippen molar-refractivity contribution in [2.75, 3.05) is 6.54 Å². The summed E-state index contributed by atoms with van der Waals surface area (Å²) in [5.74, 6) is -0.222. The average Bonchev–Trinajstić information content (AvgIpc) is 2.63. The van der Waals surface area contributed by atoms with Gasteiger partial charge in [0.15, 0.2) is 0 Å². The third-order valence-electron chi connectivity index (χ3n) is 2.53. The fraction of sp³-hybridized carbons (Fsp3) is 0.636. The number of hydrogen-bond donors (Lipinski definition) is 2. The quantitative estimate of drug-likeness (QED) is 0.670. The Labute approximate surface area is 96.0 Å². The van der Waals surface area contributed by atoms with Gasteiger partial charge in [-0.25, -0.2) is 0 Å². The molecule has 5 heteroatoms. The van der Waals surface area contributed by atoms with Gasteiger partial charge in [0.2, 0.25) is 5.91 Å². The van der Waals surface area contributed by atoms with Crippen LogP contribution in [0.1, 0.15) is 37.8 Å². The molecule has 0 spiro atoms. The van der Waals surface area contributed by atoms with E-state index >= 15 is 0 Å². The van der Waals surface area contributed by atoms with Crippen LogP contribution in [-0.2, 0) is 11.8 Å². The molecule has 1 aromatic rings. The maximum Gasteiger partial charge on any atom is 0.217 e. The minimum atomic E-state index is -0.222. The van der Waals surface area contributed by atoms with Gasteiger partial charge in [-0.1, -0.05) is 0 Å². The highest BCUT2D eigenvalue weighted by molar-refractivity contribution is 5.73. The van der Waals surface area contributed by atoms with Crippen LogP contribution in [0.2, 0.25) is 0 Å². The molecule has 0 aromatic carbocycles. The van der Waals surface area contributed by atoms with Crippen molar-refractivity contribution < 1.29 is 4.79 Å². The molecule has 0 bridgehead atoms. The Morgan fingerprint density at radius 3 is 2.94 bits per heavy atom. The highest BCUT2D eigenvalue weighted by Crippen LogP contribution is 2.10. The molecule has 1 unspecified atom stereocenters. The maximum atomic E-state index is 10.5. The summed E-state index contributed by atoms with van der Waals surface area (Å²) >= 11 is 0. The monoisotopic (exact) mass is 224 g/mol. The fourth-order valence-electron chi connectivity index (χ4n) is 1.52. The molecule has 16 heavy (non-hydrogen) atoms. The van der Waals surface area contributed by atoms with Gasteiger partial charge in [0.25, 0.3) is 0 Å². The zero-order valence-electron chi connectivity index (χ0n) is 9.94. The third kappa shape index (κ3) is 4.44. The van der Waals surface area contributed by atoms with Crippen LogP contribution in [0.25, 0.3) is 0 Å². The van der Waals surface area contributed by atoms with Crippen molar-refractivity contribution in [1.82, 2.24) is 15.1 Å². The number of primary amides is 1. The van der Waals surface area contributed by atoms with E-state index in [4.69, 9.17) is 5.73 Å². The number of aryl methyl sites for hydroxylation is 1. The number of unbranched alkanes of at least 4 members (excludes halogenated alkanes) is 1. The lowest BCUT2D eigenvalue weighted by Crippen LogP contribution is -2.20. The van der Waals surface area contributed by atoms with Crippen molar-refractivity contribution in [3.8, 4) is 0 Å². The predicted molar refractivity (Wildman–Crippen MR) is 62.7 cm³/mol. The van der Waals surface area contributed by atoms with E-state index < -0.39 is 0 Å². The number of carbonyl (C=O) groups is 1. The van der Waals surface area contributed by atoms with Gasteiger partial charge in [0.05, 0.1) is 6.20 Å². The van der Waals surface area contributed by atoms with Gasteiger partial charge in [-0.2, -0.15) is 5.10 Å². The Kier molecular flexibility index (Phi) is 4.98. The van der Waals surface area contributed by atoms with Crippen molar-refractivity contribution >= 4 is 5.91 Å². The Bertz CT molecular complexity index is 334. The molecule has 1 atom stereocenters. The summed E-state index contributed by atoms with van der Waals surface area (Å²) in [5.41, 5.74) is 6.24. The smallest absolute Gasteiger partial charge is 0.217 e. The molecule has 1 rings (SSSR count). The summed E-state index contributed by atoms with van der Waals surface area (Å²) in [7, 11) is 1.91. The predicted octanol–water partition coefficient (Wildman–Crippen LogP) is 0.726. The Hall–Kier alpha value is -1.36. The number of nitrogens with one attached hydrogen (secondary N) is 1. The van der Waals surface area contributed by atoms with Gasteiger partial charge in [-0.3, -0.25) is 9.48 Å². The number of hydrogen-bond acceptors (Lipinski definition) is 3. The summed E-state index contributed by atoms with van der Waals surface area (Å²) < 4.78 is 1.79. The van der Waals surface area contributed by atoms with Crippen LogP contribution in [0.15, 0.2) is 12.4 Å². The van der Waals surface area contributed by atoms with Crippen molar-refractivity contribution in [3.05, 3.63) is 18.0 Å². The SMILES string of the molecule is CC(NCCCCC(N)=O)c1cnn(C)c1. The summed E-state index contributed by atoms with van der Waals surface area (Å²) in [6.07, 6.45) is 6.15. The second-order valence-corrected chi connectivity index (χ2v) is 4.05. The maximum absolute atomic E-state index is 10.5. The molecular formula is C11H20N4O. The van der Waals surface area contributed by atoms with E-state index in [0.717, 1.165) is 19.4 Å². The first-order valence-electron chi connectivity index (χ1n) is 5.60. The van der Waals surface area contributed by atoms with Gasteiger partial charge in [0.1, 0.15) is 0 Å². The largest absolute Gasteiger partial charge is 0.370 e. The Morgan fingerprint density at radius 1 is 1.62 bits per heavy atom. The van der Waals surface area contributed by atoms with Crippen LogP contribution in [0.5, 0.6) is 0 Å². The molecule has 0 aliphatic rings. The first-order chi connectivity index (χ1) is 7.59. The van der Waals surface area contributed by atoms with Crippen LogP contribution in [-0.4, -0.2) is 22.2 Å². The standard InChI is InChI=1S/C11H20N4O/c1-9(10-7-14-15(2)8-10)13-6-4-3-5-11(12)16/h7-9,13H,3-6H2,1-2H3,(H2,12,16). The molecule has 0 fully saturated rings. The van der Waals surface area contributed by atoms with Gasteiger partial charge < -0.3 is 11.1 Å². The summed E-state index contributed by atoms with van der Waals surface area (Å²) in [4.78, 5) is 10.5. The molecule has 5 nitrogen and oxygen atoms in total. The summed E-state index contributed by atoms with van der Waals surface area (Å²) in [5, 5.41) is 7.50. The fourth-order valence-corrected chi connectivity index (χ4v) is 1.52. The Balaban J connectivity index is 2.15. The van der Waals surface area contributed by atoms with Gasteiger partial charge in [-0.05, 0) is 26.3 Å². The Morgan fingerprint density at radius 2 is 2.38 bits per heavy atom. The number of amides is 1.